The van der Waals surface area contributed by atoms with Crippen LogP contribution in [0.5, 0.6) is 0 Å². The van der Waals surface area contributed by atoms with Gasteiger partial charge < -0.3 is 5.73 Å². The minimum atomic E-state index is -0.0339. The summed E-state index contributed by atoms with van der Waals surface area (Å²) in [5, 5.41) is 2.44. The molecule has 0 radical (unpaired) electrons. The van der Waals surface area contributed by atoms with Gasteiger partial charge in [0.1, 0.15) is 0 Å². The Bertz CT molecular complexity index is 587. The van der Waals surface area contributed by atoms with Gasteiger partial charge in [-0.2, -0.15) is 0 Å². The normalized spacial score (nSPS) is 11.9. The molecule has 0 fully saturated rings. The van der Waals surface area contributed by atoms with Gasteiger partial charge in [-0.05, 0) is 29.7 Å². The molecule has 0 saturated carbocycles. The van der Waals surface area contributed by atoms with Gasteiger partial charge in [-0.1, -0.05) is 55.2 Å². The van der Waals surface area contributed by atoms with Crippen molar-refractivity contribution in [3.63, 3.8) is 0 Å². The zero-order valence-electron chi connectivity index (χ0n) is 10.3. The molecule has 0 spiro atoms. The molecule has 0 aromatic heterocycles. The van der Waals surface area contributed by atoms with Gasteiger partial charge in [0.2, 0.25) is 0 Å². The Kier molecular flexibility index (Phi) is 3.46. The van der Waals surface area contributed by atoms with Gasteiger partial charge in [-0.3, -0.25) is 0 Å². The maximum Gasteiger partial charge on any atom is 0.0665 e. The van der Waals surface area contributed by atoms with Gasteiger partial charge in [-0.15, -0.1) is 0 Å². The van der Waals surface area contributed by atoms with E-state index in [0.29, 0.717) is 0 Å². The first-order valence-electron chi connectivity index (χ1n) is 5.98. The zero-order valence-corrected chi connectivity index (χ0v) is 10.3. The number of hydrogen-bond acceptors (Lipinski definition) is 1. The molecule has 0 aliphatic heterocycles. The molecule has 0 heterocycles. The van der Waals surface area contributed by atoms with E-state index >= 15 is 0 Å². The van der Waals surface area contributed by atoms with Crippen molar-refractivity contribution in [1.29, 1.82) is 0 Å². The fourth-order valence-electron chi connectivity index (χ4n) is 1.81. The molecule has 1 unspecified atom stereocenters. The lowest BCUT2D eigenvalue weighted by atomic mass is 10.00. The Hall–Kier alpha value is -1.78. The van der Waals surface area contributed by atoms with Crippen LogP contribution in [0.3, 0.4) is 0 Å². The standard InChI is InChI=1S/C16H17N/c1-3-14(17)10-11-15-12(2)8-9-13-6-4-5-7-16(13)15/h4-9,14H,3,17H2,1-2H3. The van der Waals surface area contributed by atoms with E-state index in [1.165, 1.54) is 16.3 Å². The lowest BCUT2D eigenvalue weighted by Crippen LogP contribution is -2.15. The predicted molar refractivity (Wildman–Crippen MR) is 73.8 cm³/mol. The highest BCUT2D eigenvalue weighted by molar-refractivity contribution is 5.89. The van der Waals surface area contributed by atoms with Crippen LogP contribution in [0.2, 0.25) is 0 Å². The molecule has 2 N–H and O–H groups in total. The molecule has 0 saturated heterocycles. The molecule has 1 nitrogen and oxygen atoms in total. The van der Waals surface area contributed by atoms with Gasteiger partial charge in [0, 0.05) is 5.56 Å². The first-order valence-corrected chi connectivity index (χ1v) is 5.98. The van der Waals surface area contributed by atoms with Crippen molar-refractivity contribution in [1.82, 2.24) is 0 Å². The van der Waals surface area contributed by atoms with Crippen LogP contribution in [0.25, 0.3) is 10.8 Å². The van der Waals surface area contributed by atoms with Gasteiger partial charge in [0.05, 0.1) is 6.04 Å². The van der Waals surface area contributed by atoms with Gasteiger partial charge in [0.25, 0.3) is 0 Å². The number of fused-ring (bicyclic) bond motifs is 1. The minimum absolute atomic E-state index is 0.0339. The van der Waals surface area contributed by atoms with Gasteiger partial charge in [-0.25, -0.2) is 0 Å². The second-order valence-electron chi connectivity index (χ2n) is 4.26. The van der Waals surface area contributed by atoms with E-state index in [2.05, 4.69) is 50.0 Å². The predicted octanol–water partition coefficient (Wildman–Crippen LogP) is 3.24. The third kappa shape index (κ3) is 2.49. The molecule has 1 heteroatoms. The molecule has 0 aliphatic rings. The quantitative estimate of drug-likeness (QED) is 0.738. The van der Waals surface area contributed by atoms with Crippen LogP contribution in [0.15, 0.2) is 36.4 Å². The molecular formula is C16H17N. The second-order valence-corrected chi connectivity index (χ2v) is 4.26. The molecule has 0 aliphatic carbocycles. The molecule has 0 amide bonds. The van der Waals surface area contributed by atoms with E-state index in [-0.39, 0.29) is 6.04 Å². The van der Waals surface area contributed by atoms with Crippen LogP contribution in [-0.2, 0) is 0 Å². The molecule has 2 rings (SSSR count). The van der Waals surface area contributed by atoms with Crippen LogP contribution in [0.4, 0.5) is 0 Å². The Balaban J connectivity index is 2.58. The fourth-order valence-corrected chi connectivity index (χ4v) is 1.81. The minimum Gasteiger partial charge on any atom is -0.318 e. The monoisotopic (exact) mass is 223 g/mol. The smallest absolute Gasteiger partial charge is 0.0665 e. The highest BCUT2D eigenvalue weighted by atomic mass is 14.6. The molecule has 1 atom stereocenters. The van der Waals surface area contributed by atoms with Crippen LogP contribution in [0.1, 0.15) is 24.5 Å². The van der Waals surface area contributed by atoms with E-state index < -0.39 is 0 Å². The molecule has 2 aromatic carbocycles. The van der Waals surface area contributed by atoms with E-state index in [4.69, 9.17) is 5.73 Å². The summed E-state index contributed by atoms with van der Waals surface area (Å²) in [5.74, 6) is 6.34. The lowest BCUT2D eigenvalue weighted by molar-refractivity contribution is 0.806. The summed E-state index contributed by atoms with van der Waals surface area (Å²) >= 11 is 0. The summed E-state index contributed by atoms with van der Waals surface area (Å²) < 4.78 is 0. The largest absolute Gasteiger partial charge is 0.318 e. The number of nitrogens with two attached hydrogens (primary N) is 1. The van der Waals surface area contributed by atoms with Crippen molar-refractivity contribution in [2.24, 2.45) is 5.73 Å². The second kappa shape index (κ2) is 5.03. The Morgan fingerprint density at radius 2 is 1.94 bits per heavy atom. The average molecular weight is 223 g/mol. The molecule has 2 aromatic rings. The zero-order chi connectivity index (χ0) is 12.3. The Labute approximate surface area is 103 Å². The van der Waals surface area contributed by atoms with Crippen molar-refractivity contribution in [3.8, 4) is 11.8 Å². The molecule has 17 heavy (non-hydrogen) atoms. The average Bonchev–Trinajstić information content (AvgIpc) is 2.37. The summed E-state index contributed by atoms with van der Waals surface area (Å²) in [7, 11) is 0. The number of hydrogen-bond donors (Lipinski definition) is 1. The highest BCUT2D eigenvalue weighted by Gasteiger charge is 2.01. The lowest BCUT2D eigenvalue weighted by Gasteiger charge is -2.04. The number of benzene rings is 2. The third-order valence-corrected chi connectivity index (χ3v) is 2.96. The maximum absolute atomic E-state index is 5.84. The Morgan fingerprint density at radius 1 is 1.18 bits per heavy atom. The number of rotatable bonds is 1. The van der Waals surface area contributed by atoms with Crippen molar-refractivity contribution in [3.05, 3.63) is 47.5 Å². The summed E-state index contributed by atoms with van der Waals surface area (Å²) in [5.41, 5.74) is 8.15. The van der Waals surface area contributed by atoms with Crippen LogP contribution < -0.4 is 5.73 Å². The molecule has 86 valence electrons. The summed E-state index contributed by atoms with van der Waals surface area (Å²) in [6, 6.07) is 12.5. The van der Waals surface area contributed by atoms with Crippen molar-refractivity contribution in [2.75, 3.05) is 0 Å². The van der Waals surface area contributed by atoms with Crippen LogP contribution >= 0.6 is 0 Å². The highest BCUT2D eigenvalue weighted by Crippen LogP contribution is 2.21. The summed E-state index contributed by atoms with van der Waals surface area (Å²) in [6.45, 7) is 4.14. The molecular weight excluding hydrogens is 206 g/mol. The van der Waals surface area contributed by atoms with E-state index in [1.807, 2.05) is 12.1 Å². The van der Waals surface area contributed by atoms with E-state index in [1.54, 1.807) is 0 Å². The van der Waals surface area contributed by atoms with Gasteiger partial charge >= 0.3 is 0 Å². The van der Waals surface area contributed by atoms with Gasteiger partial charge in [0.15, 0.2) is 0 Å². The number of aryl methyl sites for hydroxylation is 1. The topological polar surface area (TPSA) is 26.0 Å². The first-order chi connectivity index (χ1) is 8.22. The van der Waals surface area contributed by atoms with Crippen molar-refractivity contribution >= 4 is 10.8 Å². The maximum atomic E-state index is 5.84. The SMILES string of the molecule is CCC(N)C#Cc1c(C)ccc2ccccc12. The van der Waals surface area contributed by atoms with Crippen LogP contribution in [-0.4, -0.2) is 6.04 Å². The van der Waals surface area contributed by atoms with E-state index in [0.717, 1.165) is 12.0 Å². The first kappa shape index (κ1) is 11.7. The molecule has 0 bridgehead atoms. The third-order valence-electron chi connectivity index (χ3n) is 2.96. The Morgan fingerprint density at radius 3 is 2.71 bits per heavy atom. The van der Waals surface area contributed by atoms with Crippen molar-refractivity contribution < 1.29 is 0 Å². The van der Waals surface area contributed by atoms with Crippen molar-refractivity contribution in [2.45, 2.75) is 26.3 Å². The fraction of sp³-hybridized carbons (Fsp3) is 0.250. The van der Waals surface area contributed by atoms with E-state index in [9.17, 15) is 0 Å². The summed E-state index contributed by atoms with van der Waals surface area (Å²) in [6.07, 6.45) is 0.886. The summed E-state index contributed by atoms with van der Waals surface area (Å²) in [4.78, 5) is 0. The van der Waals surface area contributed by atoms with Crippen LogP contribution in [0, 0.1) is 18.8 Å².